The third kappa shape index (κ3) is 3.77. The van der Waals surface area contributed by atoms with Crippen molar-refractivity contribution in [3.63, 3.8) is 0 Å². The number of halogens is 1. The van der Waals surface area contributed by atoms with Gasteiger partial charge >= 0.3 is 0 Å². The van der Waals surface area contributed by atoms with Crippen molar-refractivity contribution < 1.29 is 8.42 Å². The van der Waals surface area contributed by atoms with Crippen LogP contribution in [0, 0.1) is 6.92 Å². The van der Waals surface area contributed by atoms with Crippen molar-refractivity contribution in [2.24, 2.45) is 0 Å². The van der Waals surface area contributed by atoms with Gasteiger partial charge in [0.1, 0.15) is 5.01 Å². The molecule has 0 fully saturated rings. The maximum atomic E-state index is 12.3. The van der Waals surface area contributed by atoms with Gasteiger partial charge in [-0.3, -0.25) is 4.72 Å². The molecule has 0 saturated heterocycles. The lowest BCUT2D eigenvalue weighted by atomic mass is 10.2. The van der Waals surface area contributed by atoms with Crippen molar-refractivity contribution in [1.29, 1.82) is 0 Å². The smallest absolute Gasteiger partial charge is 0.253 e. The molecule has 118 valence electrons. The van der Waals surface area contributed by atoms with Gasteiger partial charge in [-0.15, -0.1) is 10.2 Å². The Morgan fingerprint density at radius 1 is 1.00 bits per heavy atom. The molecule has 1 N–H and O–H groups in total. The van der Waals surface area contributed by atoms with E-state index in [1.165, 1.54) is 23.5 Å². The minimum absolute atomic E-state index is 0.174. The Morgan fingerprint density at radius 3 is 2.30 bits per heavy atom. The first-order chi connectivity index (χ1) is 10.9. The van der Waals surface area contributed by atoms with Crippen LogP contribution in [0.1, 0.15) is 5.56 Å². The number of hydrogen-bond donors (Lipinski definition) is 1. The van der Waals surface area contributed by atoms with Gasteiger partial charge in [0.15, 0.2) is 0 Å². The molecule has 0 atom stereocenters. The molecule has 3 aromatic rings. The molecule has 0 saturated carbocycles. The Balaban J connectivity index is 1.83. The van der Waals surface area contributed by atoms with Crippen LogP contribution in [-0.2, 0) is 10.0 Å². The molecule has 0 bridgehead atoms. The average molecular weight is 410 g/mol. The molecule has 2 aromatic carbocycles. The maximum absolute atomic E-state index is 12.3. The highest BCUT2D eigenvalue weighted by Crippen LogP contribution is 2.28. The molecular formula is C15H12BrN3O2S2. The van der Waals surface area contributed by atoms with E-state index in [1.54, 1.807) is 12.1 Å². The number of aryl methyl sites for hydroxylation is 1. The molecule has 5 nitrogen and oxygen atoms in total. The van der Waals surface area contributed by atoms with E-state index in [0.717, 1.165) is 15.6 Å². The van der Waals surface area contributed by atoms with Crippen LogP contribution in [0.2, 0.25) is 0 Å². The minimum atomic E-state index is -3.67. The van der Waals surface area contributed by atoms with E-state index in [4.69, 9.17) is 0 Å². The monoisotopic (exact) mass is 409 g/mol. The topological polar surface area (TPSA) is 72.0 Å². The first kappa shape index (κ1) is 16.1. The van der Waals surface area contributed by atoms with Gasteiger partial charge in [-0.1, -0.05) is 57.1 Å². The first-order valence-electron chi connectivity index (χ1n) is 6.63. The Kier molecular flexibility index (Phi) is 4.47. The van der Waals surface area contributed by atoms with Gasteiger partial charge in [-0.05, 0) is 31.2 Å². The van der Waals surface area contributed by atoms with E-state index < -0.39 is 10.0 Å². The van der Waals surface area contributed by atoms with E-state index in [-0.39, 0.29) is 10.0 Å². The highest BCUT2D eigenvalue weighted by molar-refractivity contribution is 9.10. The van der Waals surface area contributed by atoms with Crippen LogP contribution in [0.3, 0.4) is 0 Å². The van der Waals surface area contributed by atoms with Crippen molar-refractivity contribution in [2.75, 3.05) is 4.72 Å². The zero-order chi connectivity index (χ0) is 16.4. The number of benzene rings is 2. The second kappa shape index (κ2) is 6.38. The summed E-state index contributed by atoms with van der Waals surface area (Å²) < 4.78 is 27.9. The van der Waals surface area contributed by atoms with Gasteiger partial charge in [0.2, 0.25) is 5.13 Å². The van der Waals surface area contributed by atoms with Gasteiger partial charge in [0.25, 0.3) is 10.0 Å². The van der Waals surface area contributed by atoms with Crippen molar-refractivity contribution in [1.82, 2.24) is 10.2 Å². The maximum Gasteiger partial charge on any atom is 0.263 e. The molecule has 23 heavy (non-hydrogen) atoms. The summed E-state index contributed by atoms with van der Waals surface area (Å²) in [6.45, 7) is 2.00. The lowest BCUT2D eigenvalue weighted by molar-refractivity contribution is 0.601. The van der Waals surface area contributed by atoms with Gasteiger partial charge in [-0.2, -0.15) is 0 Å². The van der Waals surface area contributed by atoms with Gasteiger partial charge in [0, 0.05) is 10.0 Å². The SMILES string of the molecule is Cc1ccc(-c2nnc(NS(=O)(=O)c3ccc(Br)cc3)s2)cc1. The highest BCUT2D eigenvalue weighted by Gasteiger charge is 2.17. The summed E-state index contributed by atoms with van der Waals surface area (Å²) >= 11 is 4.47. The Labute approximate surface area is 146 Å². The lowest BCUT2D eigenvalue weighted by Crippen LogP contribution is -2.12. The average Bonchev–Trinajstić information content (AvgIpc) is 2.96. The van der Waals surface area contributed by atoms with E-state index >= 15 is 0 Å². The normalized spacial score (nSPS) is 11.4. The molecule has 0 aliphatic carbocycles. The predicted molar refractivity (Wildman–Crippen MR) is 95.0 cm³/mol. The molecule has 0 amide bonds. The summed E-state index contributed by atoms with van der Waals surface area (Å²) in [5.74, 6) is 0. The van der Waals surface area contributed by atoms with Crippen LogP contribution in [0.25, 0.3) is 10.6 Å². The summed E-state index contributed by atoms with van der Waals surface area (Å²) in [4.78, 5) is 0.174. The number of nitrogens with one attached hydrogen (secondary N) is 1. The first-order valence-corrected chi connectivity index (χ1v) is 9.72. The number of sulfonamides is 1. The summed E-state index contributed by atoms with van der Waals surface area (Å²) in [6, 6.07) is 14.2. The second-order valence-electron chi connectivity index (χ2n) is 4.84. The summed E-state index contributed by atoms with van der Waals surface area (Å²) in [5.41, 5.74) is 2.05. The molecule has 8 heteroatoms. The molecule has 0 radical (unpaired) electrons. The zero-order valence-electron chi connectivity index (χ0n) is 12.0. The standard InChI is InChI=1S/C15H12BrN3O2S2/c1-10-2-4-11(5-3-10)14-17-18-15(22-14)19-23(20,21)13-8-6-12(16)7-9-13/h2-9H,1H3,(H,18,19). The van der Waals surface area contributed by atoms with E-state index in [2.05, 4.69) is 30.8 Å². The molecule has 0 spiro atoms. The number of anilines is 1. The quantitative estimate of drug-likeness (QED) is 0.704. The Morgan fingerprint density at radius 2 is 1.65 bits per heavy atom. The van der Waals surface area contributed by atoms with E-state index in [0.29, 0.717) is 5.01 Å². The van der Waals surface area contributed by atoms with Crippen molar-refractivity contribution in [3.05, 3.63) is 58.6 Å². The Bertz CT molecular complexity index is 920. The van der Waals surface area contributed by atoms with Crippen LogP contribution in [-0.4, -0.2) is 18.6 Å². The largest absolute Gasteiger partial charge is 0.263 e. The van der Waals surface area contributed by atoms with Crippen LogP contribution in [0.5, 0.6) is 0 Å². The van der Waals surface area contributed by atoms with Crippen LogP contribution >= 0.6 is 27.3 Å². The van der Waals surface area contributed by atoms with Crippen LogP contribution in [0.15, 0.2) is 57.9 Å². The molecular weight excluding hydrogens is 398 g/mol. The summed E-state index contributed by atoms with van der Waals surface area (Å²) in [6.07, 6.45) is 0. The zero-order valence-corrected chi connectivity index (χ0v) is 15.2. The fourth-order valence-corrected chi connectivity index (χ4v) is 4.11. The van der Waals surface area contributed by atoms with Gasteiger partial charge < -0.3 is 0 Å². The van der Waals surface area contributed by atoms with E-state index in [1.807, 2.05) is 31.2 Å². The minimum Gasteiger partial charge on any atom is -0.253 e. The third-order valence-electron chi connectivity index (χ3n) is 3.07. The third-order valence-corrected chi connectivity index (χ3v) is 5.97. The van der Waals surface area contributed by atoms with Crippen molar-refractivity contribution in [3.8, 4) is 10.6 Å². The van der Waals surface area contributed by atoms with Gasteiger partial charge in [-0.25, -0.2) is 8.42 Å². The molecule has 0 aliphatic rings. The number of aromatic nitrogens is 2. The van der Waals surface area contributed by atoms with Crippen LogP contribution < -0.4 is 4.72 Å². The van der Waals surface area contributed by atoms with Crippen LogP contribution in [0.4, 0.5) is 5.13 Å². The fraction of sp³-hybridized carbons (Fsp3) is 0.0667. The van der Waals surface area contributed by atoms with Gasteiger partial charge in [0.05, 0.1) is 4.90 Å². The number of hydrogen-bond acceptors (Lipinski definition) is 5. The highest BCUT2D eigenvalue weighted by atomic mass is 79.9. The molecule has 3 rings (SSSR count). The predicted octanol–water partition coefficient (Wildman–Crippen LogP) is 4.08. The van der Waals surface area contributed by atoms with Crippen molar-refractivity contribution >= 4 is 42.4 Å². The number of nitrogens with zero attached hydrogens (tertiary/aromatic N) is 2. The molecule has 0 aliphatic heterocycles. The number of rotatable bonds is 4. The molecule has 1 aromatic heterocycles. The molecule has 0 unspecified atom stereocenters. The second-order valence-corrected chi connectivity index (χ2v) is 8.41. The molecule has 1 heterocycles. The summed E-state index contributed by atoms with van der Waals surface area (Å²) in [7, 11) is -3.67. The van der Waals surface area contributed by atoms with Crippen molar-refractivity contribution in [2.45, 2.75) is 11.8 Å². The lowest BCUT2D eigenvalue weighted by Gasteiger charge is -2.04. The fourth-order valence-electron chi connectivity index (χ4n) is 1.86. The summed E-state index contributed by atoms with van der Waals surface area (Å²) in [5, 5.41) is 8.86. The van der Waals surface area contributed by atoms with E-state index in [9.17, 15) is 8.42 Å². The Hall–Kier alpha value is -1.77.